The van der Waals surface area contributed by atoms with Gasteiger partial charge in [-0.2, -0.15) is 0 Å². The van der Waals surface area contributed by atoms with Crippen LogP contribution in [0.2, 0.25) is 5.02 Å². The van der Waals surface area contributed by atoms with Crippen LogP contribution in [0, 0.1) is 0 Å². The van der Waals surface area contributed by atoms with Crippen molar-refractivity contribution >= 4 is 29.1 Å². The Bertz CT molecular complexity index is 1170. The third-order valence-electron chi connectivity index (χ3n) is 6.05. The summed E-state index contributed by atoms with van der Waals surface area (Å²) in [7, 11) is 8.32. The van der Waals surface area contributed by atoms with Gasteiger partial charge in [-0.1, -0.05) is 11.6 Å². The second kappa shape index (κ2) is 12.2. The summed E-state index contributed by atoms with van der Waals surface area (Å²) in [5.74, 6) is -0.276. The number of carbonyl (C=O) groups excluding carboxylic acids is 2. The zero-order valence-electron chi connectivity index (χ0n) is 22.0. The highest BCUT2D eigenvalue weighted by atomic mass is 35.5. The minimum absolute atomic E-state index is 0.0515. The van der Waals surface area contributed by atoms with Gasteiger partial charge in [-0.25, -0.2) is 0 Å². The molecule has 1 aliphatic heterocycles. The van der Waals surface area contributed by atoms with Gasteiger partial charge in [-0.3, -0.25) is 9.59 Å². The molecule has 0 aliphatic carbocycles. The average molecular weight is 533 g/mol. The van der Waals surface area contributed by atoms with Crippen molar-refractivity contribution in [2.24, 2.45) is 0 Å². The molecule has 2 aromatic rings. The normalized spacial score (nSPS) is 16.9. The Morgan fingerprint density at radius 1 is 1.03 bits per heavy atom. The van der Waals surface area contributed by atoms with E-state index >= 15 is 0 Å². The number of hydrogen-bond acceptors (Lipinski definition) is 8. The zero-order chi connectivity index (χ0) is 27.3. The molecular weight excluding hydrogens is 500 g/mol. The average Bonchev–Trinajstić information content (AvgIpc) is 3.13. The fourth-order valence-corrected chi connectivity index (χ4v) is 4.59. The van der Waals surface area contributed by atoms with E-state index in [1.165, 1.54) is 32.3 Å². The number of aliphatic hydroxyl groups excluding tert-OH is 1. The molecular formula is C27H33ClN2O7. The zero-order valence-corrected chi connectivity index (χ0v) is 22.7. The van der Waals surface area contributed by atoms with Crippen LogP contribution in [-0.2, 0) is 9.59 Å². The molecule has 0 bridgehead atoms. The number of Topliss-reactive ketones (excluding diaryl/α,β-unsaturated/α-hetero) is 1. The van der Waals surface area contributed by atoms with E-state index in [-0.39, 0.29) is 21.9 Å². The van der Waals surface area contributed by atoms with Crippen LogP contribution in [0.15, 0.2) is 35.9 Å². The van der Waals surface area contributed by atoms with Gasteiger partial charge in [0.1, 0.15) is 11.5 Å². The molecule has 1 saturated heterocycles. The number of ether oxygens (including phenoxy) is 4. The minimum atomic E-state index is -0.888. The predicted molar refractivity (Wildman–Crippen MR) is 141 cm³/mol. The van der Waals surface area contributed by atoms with Gasteiger partial charge in [-0.05, 0) is 69.9 Å². The van der Waals surface area contributed by atoms with E-state index in [1.807, 2.05) is 25.9 Å². The van der Waals surface area contributed by atoms with Crippen LogP contribution in [0.3, 0.4) is 0 Å². The highest BCUT2D eigenvalue weighted by Crippen LogP contribution is 2.46. The quantitative estimate of drug-likeness (QED) is 0.262. The number of halogens is 1. The molecule has 1 aliphatic rings. The van der Waals surface area contributed by atoms with Gasteiger partial charge in [0.25, 0.3) is 11.7 Å². The first-order valence-electron chi connectivity index (χ1n) is 11.8. The van der Waals surface area contributed by atoms with Crippen LogP contribution in [0.1, 0.15) is 30.5 Å². The monoisotopic (exact) mass is 532 g/mol. The van der Waals surface area contributed by atoms with Gasteiger partial charge in [0.05, 0.1) is 44.6 Å². The van der Waals surface area contributed by atoms with Crippen LogP contribution in [0.5, 0.6) is 23.0 Å². The number of ketones is 1. The van der Waals surface area contributed by atoms with E-state index in [9.17, 15) is 14.7 Å². The highest BCUT2D eigenvalue weighted by Gasteiger charge is 2.46. The Morgan fingerprint density at radius 2 is 1.68 bits per heavy atom. The van der Waals surface area contributed by atoms with Crippen molar-refractivity contribution in [2.75, 3.05) is 55.1 Å². The molecule has 10 heteroatoms. The Kier molecular flexibility index (Phi) is 9.29. The first-order valence-corrected chi connectivity index (χ1v) is 12.2. The molecule has 37 heavy (non-hydrogen) atoms. The summed E-state index contributed by atoms with van der Waals surface area (Å²) in [6.07, 6.45) is 0.621. The first-order chi connectivity index (χ1) is 17.7. The van der Waals surface area contributed by atoms with E-state index in [1.54, 1.807) is 24.3 Å². The number of hydrogen-bond donors (Lipinski definition) is 1. The van der Waals surface area contributed by atoms with Crippen molar-refractivity contribution in [1.29, 1.82) is 0 Å². The molecule has 200 valence electrons. The fourth-order valence-electron chi connectivity index (χ4n) is 4.35. The number of amides is 1. The van der Waals surface area contributed by atoms with Crippen molar-refractivity contribution in [3.8, 4) is 23.0 Å². The molecule has 3 rings (SSSR count). The summed E-state index contributed by atoms with van der Waals surface area (Å²) >= 11 is 6.34. The Balaban J connectivity index is 2.21. The predicted octanol–water partition coefficient (Wildman–Crippen LogP) is 4.14. The Labute approximate surface area is 222 Å². The maximum absolute atomic E-state index is 13.3. The summed E-state index contributed by atoms with van der Waals surface area (Å²) < 4.78 is 21.9. The molecule has 1 fully saturated rings. The molecule has 0 radical (unpaired) electrons. The number of carbonyl (C=O) groups is 2. The smallest absolute Gasteiger partial charge is 0.295 e. The summed E-state index contributed by atoms with van der Waals surface area (Å²) in [5, 5.41) is 11.6. The lowest BCUT2D eigenvalue weighted by atomic mass is 9.94. The molecule has 1 amide bonds. The van der Waals surface area contributed by atoms with Gasteiger partial charge in [-0.15, -0.1) is 0 Å². The number of likely N-dealkylation sites (tertiary alicyclic amines) is 1. The second-order valence-electron chi connectivity index (χ2n) is 8.69. The topological polar surface area (TPSA) is 97.8 Å². The van der Waals surface area contributed by atoms with Gasteiger partial charge in [0.15, 0.2) is 11.5 Å². The second-order valence-corrected chi connectivity index (χ2v) is 9.09. The molecule has 0 spiro atoms. The van der Waals surface area contributed by atoms with Crippen LogP contribution >= 0.6 is 11.6 Å². The van der Waals surface area contributed by atoms with Crippen molar-refractivity contribution in [3.63, 3.8) is 0 Å². The largest absolute Gasteiger partial charge is 0.507 e. The maximum Gasteiger partial charge on any atom is 0.295 e. The number of nitrogens with zero attached hydrogens (tertiary/aromatic N) is 2. The Morgan fingerprint density at radius 3 is 2.19 bits per heavy atom. The lowest BCUT2D eigenvalue weighted by molar-refractivity contribution is -0.139. The lowest BCUT2D eigenvalue weighted by Gasteiger charge is -2.27. The van der Waals surface area contributed by atoms with E-state index in [2.05, 4.69) is 0 Å². The van der Waals surface area contributed by atoms with Crippen molar-refractivity contribution in [1.82, 2.24) is 9.80 Å². The van der Waals surface area contributed by atoms with E-state index in [0.29, 0.717) is 54.7 Å². The van der Waals surface area contributed by atoms with Crippen LogP contribution in [0.4, 0.5) is 0 Å². The minimum Gasteiger partial charge on any atom is -0.507 e. The number of benzene rings is 2. The lowest BCUT2D eigenvalue weighted by Crippen LogP contribution is -2.32. The van der Waals surface area contributed by atoms with Crippen molar-refractivity contribution in [2.45, 2.75) is 19.4 Å². The van der Waals surface area contributed by atoms with E-state index in [0.717, 1.165) is 0 Å². The van der Waals surface area contributed by atoms with E-state index < -0.39 is 17.7 Å². The van der Waals surface area contributed by atoms with Crippen LogP contribution < -0.4 is 18.9 Å². The van der Waals surface area contributed by atoms with Crippen LogP contribution in [0.25, 0.3) is 5.76 Å². The standard InChI is InChI=1S/C27H33ClN2O7/c1-7-37-19-10-9-16(13-18(19)28)24(31)22-23(30(27(33)25(22)32)12-8-11-29(2)3)17-14-20(34-4)26(36-6)21(15-17)35-5/h9-10,13-15,23,31H,7-8,11-12H2,1-6H3/b24-22+/t23-/m1/s1. The summed E-state index contributed by atoms with van der Waals surface area (Å²) in [6.45, 7) is 3.26. The maximum atomic E-state index is 13.3. The highest BCUT2D eigenvalue weighted by molar-refractivity contribution is 6.46. The van der Waals surface area contributed by atoms with Gasteiger partial charge in [0, 0.05) is 12.1 Å². The SMILES string of the molecule is CCOc1ccc(/C(O)=C2\C(=O)C(=O)N(CCCN(C)C)[C@@H]2c2cc(OC)c(OC)c(OC)c2)cc1Cl. The van der Waals surface area contributed by atoms with Gasteiger partial charge < -0.3 is 33.9 Å². The van der Waals surface area contributed by atoms with Crippen molar-refractivity contribution < 1.29 is 33.6 Å². The van der Waals surface area contributed by atoms with Crippen LogP contribution in [-0.4, -0.2) is 81.7 Å². The fraction of sp³-hybridized carbons (Fsp3) is 0.407. The molecule has 1 N–H and O–H groups in total. The molecule has 0 unspecified atom stereocenters. The third kappa shape index (κ3) is 5.78. The number of rotatable bonds is 11. The Hall–Kier alpha value is -3.43. The molecule has 2 aromatic carbocycles. The third-order valence-corrected chi connectivity index (χ3v) is 6.35. The summed E-state index contributed by atoms with van der Waals surface area (Å²) in [6, 6.07) is 7.18. The molecule has 9 nitrogen and oxygen atoms in total. The summed E-state index contributed by atoms with van der Waals surface area (Å²) in [4.78, 5) is 30.0. The molecule has 1 heterocycles. The molecule has 1 atom stereocenters. The first kappa shape index (κ1) is 28.1. The number of methoxy groups -OCH3 is 3. The number of aliphatic hydroxyl groups is 1. The summed E-state index contributed by atoms with van der Waals surface area (Å²) in [5.41, 5.74) is 0.763. The van der Waals surface area contributed by atoms with Gasteiger partial charge in [0.2, 0.25) is 5.75 Å². The van der Waals surface area contributed by atoms with Crippen molar-refractivity contribution in [3.05, 3.63) is 52.1 Å². The molecule has 0 aromatic heterocycles. The van der Waals surface area contributed by atoms with Gasteiger partial charge >= 0.3 is 0 Å². The molecule has 0 saturated carbocycles. The van der Waals surface area contributed by atoms with E-state index in [4.69, 9.17) is 30.5 Å².